The summed E-state index contributed by atoms with van der Waals surface area (Å²) in [5.74, 6) is 1.38. The van der Waals surface area contributed by atoms with E-state index in [4.69, 9.17) is 4.74 Å². The van der Waals surface area contributed by atoms with Crippen molar-refractivity contribution in [3.05, 3.63) is 40.3 Å². The molecule has 0 aliphatic carbocycles. The average Bonchev–Trinajstić information content (AvgIpc) is 2.37. The Morgan fingerprint density at radius 1 is 1.30 bits per heavy atom. The van der Waals surface area contributed by atoms with E-state index in [0.717, 1.165) is 27.2 Å². The Morgan fingerprint density at radius 2 is 2.05 bits per heavy atom. The summed E-state index contributed by atoms with van der Waals surface area (Å²) in [4.78, 5) is 19.9. The number of hydrogen-bond donors (Lipinski definition) is 0. The molecule has 0 N–H and O–H groups in total. The van der Waals surface area contributed by atoms with Crippen LogP contribution < -0.4 is 4.74 Å². The van der Waals surface area contributed by atoms with Crippen molar-refractivity contribution in [2.24, 2.45) is 0 Å². The molecule has 0 aliphatic heterocycles. The Balaban J connectivity index is 2.44. The van der Waals surface area contributed by atoms with Crippen LogP contribution in [0.2, 0.25) is 0 Å². The van der Waals surface area contributed by atoms with Gasteiger partial charge in [-0.3, -0.25) is 4.79 Å². The van der Waals surface area contributed by atoms with Crippen molar-refractivity contribution < 1.29 is 9.53 Å². The van der Waals surface area contributed by atoms with E-state index in [-0.39, 0.29) is 12.2 Å². The van der Waals surface area contributed by atoms with E-state index >= 15 is 0 Å². The van der Waals surface area contributed by atoms with Gasteiger partial charge >= 0.3 is 0 Å². The molecule has 0 fully saturated rings. The summed E-state index contributed by atoms with van der Waals surface area (Å²) in [5, 5.41) is 0. The van der Waals surface area contributed by atoms with Gasteiger partial charge in [-0.15, -0.1) is 0 Å². The zero-order valence-corrected chi connectivity index (χ0v) is 13.2. The molecule has 0 unspecified atom stereocenters. The van der Waals surface area contributed by atoms with Crippen LogP contribution in [0.15, 0.2) is 28.7 Å². The van der Waals surface area contributed by atoms with Gasteiger partial charge in [0.2, 0.25) is 0 Å². The molecule has 0 saturated carbocycles. The molecule has 4 nitrogen and oxygen atoms in total. The fraction of sp³-hybridized carbons (Fsp3) is 0.267. The highest BCUT2D eigenvalue weighted by Crippen LogP contribution is 2.29. The number of methoxy groups -OCH3 is 1. The second-order valence-electron chi connectivity index (χ2n) is 4.54. The van der Waals surface area contributed by atoms with Gasteiger partial charge in [-0.05, 0) is 54.0 Å². The Hall–Kier alpha value is -1.75. The fourth-order valence-electron chi connectivity index (χ4n) is 1.91. The van der Waals surface area contributed by atoms with Gasteiger partial charge in [0.05, 0.1) is 23.7 Å². The third-order valence-corrected chi connectivity index (χ3v) is 3.37. The lowest BCUT2D eigenvalue weighted by Crippen LogP contribution is -2.04. The Morgan fingerprint density at radius 3 is 2.65 bits per heavy atom. The predicted octanol–water partition coefficient (Wildman–Crippen LogP) is 3.35. The number of ether oxygens (including phenoxy) is 1. The molecule has 104 valence electrons. The van der Waals surface area contributed by atoms with Gasteiger partial charge in [0, 0.05) is 11.3 Å². The number of Topliss-reactive ketones (excluding diaryl/α,β-unsaturated/α-hetero) is 1. The number of halogens is 1. The smallest absolute Gasteiger partial charge is 0.137 e. The number of rotatable bonds is 4. The van der Waals surface area contributed by atoms with Crippen LogP contribution in [0.5, 0.6) is 5.75 Å². The minimum absolute atomic E-state index is 0.0532. The molecule has 0 amide bonds. The molecule has 0 aliphatic rings. The van der Waals surface area contributed by atoms with Gasteiger partial charge in [0.15, 0.2) is 0 Å². The summed E-state index contributed by atoms with van der Waals surface area (Å²) < 4.78 is 6.07. The number of hydrogen-bond acceptors (Lipinski definition) is 4. The number of aromatic nitrogens is 2. The van der Waals surface area contributed by atoms with Crippen LogP contribution in [-0.4, -0.2) is 22.9 Å². The maximum Gasteiger partial charge on any atom is 0.137 e. The topological polar surface area (TPSA) is 52.1 Å². The van der Waals surface area contributed by atoms with Crippen LogP contribution in [0.1, 0.15) is 18.4 Å². The molecular weight excluding hydrogens is 320 g/mol. The molecule has 0 spiro atoms. The van der Waals surface area contributed by atoms with Crippen LogP contribution in [-0.2, 0) is 11.2 Å². The molecule has 1 aromatic carbocycles. The van der Waals surface area contributed by atoms with Gasteiger partial charge in [-0.2, -0.15) is 0 Å². The number of ketones is 1. The Labute approximate surface area is 126 Å². The van der Waals surface area contributed by atoms with Gasteiger partial charge < -0.3 is 4.74 Å². The van der Waals surface area contributed by atoms with Crippen molar-refractivity contribution in [3.63, 3.8) is 0 Å². The Bertz CT molecular complexity index is 656. The molecule has 0 atom stereocenters. The van der Waals surface area contributed by atoms with Crippen LogP contribution in [0, 0.1) is 6.92 Å². The van der Waals surface area contributed by atoms with Gasteiger partial charge in [-0.25, -0.2) is 9.97 Å². The normalized spacial score (nSPS) is 10.4. The van der Waals surface area contributed by atoms with Crippen molar-refractivity contribution in [1.29, 1.82) is 0 Å². The number of aryl methyl sites for hydroxylation is 1. The number of carbonyl (C=O) groups excluding carboxylic acids is 1. The highest BCUT2D eigenvalue weighted by Gasteiger charge is 2.09. The zero-order chi connectivity index (χ0) is 14.7. The first-order chi connectivity index (χ1) is 9.49. The van der Waals surface area contributed by atoms with Gasteiger partial charge in [0.1, 0.15) is 17.4 Å². The summed E-state index contributed by atoms with van der Waals surface area (Å²) in [5.41, 5.74) is 2.60. The second kappa shape index (κ2) is 6.13. The standard InChI is InChI=1S/C15H15BrN2O2/c1-9-6-13(18-15(17-9)7-10(2)19)11-4-5-14(20-3)12(16)8-11/h4-6,8H,7H2,1-3H3. The van der Waals surface area contributed by atoms with Crippen molar-refractivity contribution in [2.75, 3.05) is 7.11 Å². The maximum absolute atomic E-state index is 11.2. The lowest BCUT2D eigenvalue weighted by Gasteiger charge is -2.08. The van der Waals surface area contributed by atoms with Crippen LogP contribution in [0.4, 0.5) is 0 Å². The summed E-state index contributed by atoms with van der Waals surface area (Å²) in [6, 6.07) is 7.65. The third-order valence-electron chi connectivity index (χ3n) is 2.76. The van der Waals surface area contributed by atoms with E-state index in [1.54, 1.807) is 7.11 Å². The molecule has 1 aromatic heterocycles. The van der Waals surface area contributed by atoms with E-state index in [0.29, 0.717) is 5.82 Å². The zero-order valence-electron chi connectivity index (χ0n) is 11.6. The third kappa shape index (κ3) is 3.42. The van der Waals surface area contributed by atoms with E-state index in [9.17, 15) is 4.79 Å². The first kappa shape index (κ1) is 14.7. The van der Waals surface area contributed by atoms with Crippen LogP contribution in [0.3, 0.4) is 0 Å². The highest BCUT2D eigenvalue weighted by atomic mass is 79.9. The summed E-state index contributed by atoms with van der Waals surface area (Å²) in [7, 11) is 1.62. The molecule has 5 heteroatoms. The van der Waals surface area contributed by atoms with Crippen LogP contribution >= 0.6 is 15.9 Å². The SMILES string of the molecule is COc1ccc(-c2cc(C)nc(CC(C)=O)n2)cc1Br. The van der Waals surface area contributed by atoms with E-state index in [1.807, 2.05) is 31.2 Å². The molecule has 2 aromatic rings. The molecule has 0 radical (unpaired) electrons. The highest BCUT2D eigenvalue weighted by molar-refractivity contribution is 9.10. The average molecular weight is 335 g/mol. The van der Waals surface area contributed by atoms with Crippen molar-refractivity contribution in [3.8, 4) is 17.0 Å². The summed E-state index contributed by atoms with van der Waals surface area (Å²) in [6.07, 6.45) is 0.256. The lowest BCUT2D eigenvalue weighted by molar-refractivity contribution is -0.116. The minimum Gasteiger partial charge on any atom is -0.496 e. The van der Waals surface area contributed by atoms with Crippen LogP contribution in [0.25, 0.3) is 11.3 Å². The number of nitrogens with zero attached hydrogens (tertiary/aromatic N) is 2. The quantitative estimate of drug-likeness (QED) is 0.860. The van der Waals surface area contributed by atoms with Gasteiger partial charge in [0.25, 0.3) is 0 Å². The predicted molar refractivity (Wildman–Crippen MR) is 80.8 cm³/mol. The first-order valence-electron chi connectivity index (χ1n) is 6.17. The molecular formula is C15H15BrN2O2. The van der Waals surface area contributed by atoms with Gasteiger partial charge in [-0.1, -0.05) is 0 Å². The van der Waals surface area contributed by atoms with E-state index in [2.05, 4.69) is 25.9 Å². The second-order valence-corrected chi connectivity index (χ2v) is 5.39. The minimum atomic E-state index is 0.0532. The largest absolute Gasteiger partial charge is 0.496 e. The molecule has 0 bridgehead atoms. The lowest BCUT2D eigenvalue weighted by atomic mass is 10.1. The molecule has 20 heavy (non-hydrogen) atoms. The van der Waals surface area contributed by atoms with Crippen molar-refractivity contribution in [2.45, 2.75) is 20.3 Å². The number of benzene rings is 1. The number of carbonyl (C=O) groups is 1. The molecule has 0 saturated heterocycles. The Kier molecular flexibility index (Phi) is 4.49. The summed E-state index contributed by atoms with van der Waals surface area (Å²) >= 11 is 3.46. The van der Waals surface area contributed by atoms with Crippen molar-refractivity contribution in [1.82, 2.24) is 9.97 Å². The molecule has 2 rings (SSSR count). The first-order valence-corrected chi connectivity index (χ1v) is 6.97. The fourth-order valence-corrected chi connectivity index (χ4v) is 2.45. The van der Waals surface area contributed by atoms with Crippen molar-refractivity contribution >= 4 is 21.7 Å². The van der Waals surface area contributed by atoms with E-state index < -0.39 is 0 Å². The van der Waals surface area contributed by atoms with E-state index in [1.165, 1.54) is 6.92 Å². The maximum atomic E-state index is 11.2. The molecule has 1 heterocycles. The summed E-state index contributed by atoms with van der Waals surface area (Å²) in [6.45, 7) is 3.43. The monoisotopic (exact) mass is 334 g/mol.